The third-order valence-electron chi connectivity index (χ3n) is 3.54. The number of nitrogens with zero attached hydrogens (tertiary/aromatic N) is 2. The second kappa shape index (κ2) is 5.49. The van der Waals surface area contributed by atoms with Gasteiger partial charge in [-0.15, -0.1) is 0 Å². The van der Waals surface area contributed by atoms with Gasteiger partial charge in [-0.2, -0.15) is 0 Å². The van der Waals surface area contributed by atoms with Gasteiger partial charge in [0.25, 0.3) is 0 Å². The Balaban J connectivity index is 2.06. The molecular formula is C18H20N2. The van der Waals surface area contributed by atoms with Gasteiger partial charge in [0.1, 0.15) is 5.65 Å². The van der Waals surface area contributed by atoms with Crippen molar-refractivity contribution in [2.75, 3.05) is 0 Å². The van der Waals surface area contributed by atoms with Gasteiger partial charge in [0, 0.05) is 23.8 Å². The van der Waals surface area contributed by atoms with Crippen LogP contribution in [0.3, 0.4) is 0 Å². The molecule has 0 radical (unpaired) electrons. The Morgan fingerprint density at radius 1 is 1.05 bits per heavy atom. The molecule has 3 aromatic rings. The van der Waals surface area contributed by atoms with Gasteiger partial charge >= 0.3 is 0 Å². The van der Waals surface area contributed by atoms with Crippen LogP contribution in [0.5, 0.6) is 0 Å². The van der Waals surface area contributed by atoms with Crippen molar-refractivity contribution in [3.63, 3.8) is 0 Å². The molecule has 3 rings (SSSR count). The molecule has 0 saturated heterocycles. The molecule has 0 amide bonds. The minimum absolute atomic E-state index is 0.647. The van der Waals surface area contributed by atoms with Gasteiger partial charge in [-0.3, -0.25) is 0 Å². The van der Waals surface area contributed by atoms with Crippen LogP contribution in [0.2, 0.25) is 0 Å². The summed E-state index contributed by atoms with van der Waals surface area (Å²) in [5.41, 5.74) is 3.78. The Morgan fingerprint density at radius 3 is 2.60 bits per heavy atom. The SMILES string of the molecule is CC(C)Cc1cc2cccnc2n1Cc1ccccc1. The predicted octanol–water partition coefficient (Wildman–Crippen LogP) is 4.28. The van der Waals surface area contributed by atoms with E-state index in [2.05, 4.69) is 65.9 Å². The molecular weight excluding hydrogens is 244 g/mol. The highest BCUT2D eigenvalue weighted by atomic mass is 15.0. The van der Waals surface area contributed by atoms with Crippen molar-refractivity contribution in [2.45, 2.75) is 26.8 Å². The average molecular weight is 264 g/mol. The molecule has 20 heavy (non-hydrogen) atoms. The second-order valence-corrected chi connectivity index (χ2v) is 5.72. The molecule has 2 aromatic heterocycles. The van der Waals surface area contributed by atoms with E-state index in [1.807, 2.05) is 12.3 Å². The number of hydrogen-bond donors (Lipinski definition) is 0. The van der Waals surface area contributed by atoms with Gasteiger partial charge in [0.15, 0.2) is 0 Å². The van der Waals surface area contributed by atoms with Crippen LogP contribution in [0.15, 0.2) is 54.7 Å². The van der Waals surface area contributed by atoms with Gasteiger partial charge in [-0.25, -0.2) is 4.98 Å². The zero-order valence-corrected chi connectivity index (χ0v) is 12.1. The topological polar surface area (TPSA) is 17.8 Å². The predicted molar refractivity (Wildman–Crippen MR) is 83.8 cm³/mol. The van der Waals surface area contributed by atoms with Crippen LogP contribution in [0.1, 0.15) is 25.1 Å². The van der Waals surface area contributed by atoms with E-state index < -0.39 is 0 Å². The average Bonchev–Trinajstić information content (AvgIpc) is 2.77. The molecule has 0 spiro atoms. The van der Waals surface area contributed by atoms with E-state index in [1.165, 1.54) is 16.6 Å². The zero-order valence-electron chi connectivity index (χ0n) is 12.1. The molecule has 0 N–H and O–H groups in total. The minimum atomic E-state index is 0.647. The minimum Gasteiger partial charge on any atom is -0.325 e. The molecule has 1 aromatic carbocycles. The third kappa shape index (κ3) is 2.60. The van der Waals surface area contributed by atoms with Crippen molar-refractivity contribution in [3.8, 4) is 0 Å². The number of pyridine rings is 1. The van der Waals surface area contributed by atoms with Crippen molar-refractivity contribution in [3.05, 3.63) is 66.0 Å². The Kier molecular flexibility index (Phi) is 3.55. The quantitative estimate of drug-likeness (QED) is 0.687. The van der Waals surface area contributed by atoms with Crippen LogP contribution >= 0.6 is 0 Å². The summed E-state index contributed by atoms with van der Waals surface area (Å²) < 4.78 is 2.35. The molecule has 0 saturated carbocycles. The van der Waals surface area contributed by atoms with Crippen LogP contribution < -0.4 is 0 Å². The highest BCUT2D eigenvalue weighted by Crippen LogP contribution is 2.21. The molecule has 0 aliphatic heterocycles. The summed E-state index contributed by atoms with van der Waals surface area (Å²) >= 11 is 0. The van der Waals surface area contributed by atoms with Gasteiger partial charge in [-0.1, -0.05) is 44.2 Å². The molecule has 2 heteroatoms. The molecule has 102 valence electrons. The van der Waals surface area contributed by atoms with E-state index in [9.17, 15) is 0 Å². The van der Waals surface area contributed by atoms with Crippen molar-refractivity contribution in [1.29, 1.82) is 0 Å². The van der Waals surface area contributed by atoms with E-state index in [0.717, 1.165) is 18.6 Å². The molecule has 0 fully saturated rings. The Bertz CT molecular complexity index is 696. The number of benzene rings is 1. The monoisotopic (exact) mass is 264 g/mol. The lowest BCUT2D eigenvalue weighted by atomic mass is 10.1. The van der Waals surface area contributed by atoms with E-state index in [-0.39, 0.29) is 0 Å². The Hall–Kier alpha value is -2.09. The molecule has 0 unspecified atom stereocenters. The number of hydrogen-bond acceptors (Lipinski definition) is 1. The molecule has 2 heterocycles. The first-order valence-corrected chi connectivity index (χ1v) is 7.21. The number of rotatable bonds is 4. The van der Waals surface area contributed by atoms with E-state index in [0.29, 0.717) is 5.92 Å². The number of fused-ring (bicyclic) bond motifs is 1. The van der Waals surface area contributed by atoms with E-state index in [1.54, 1.807) is 0 Å². The van der Waals surface area contributed by atoms with Gasteiger partial charge < -0.3 is 4.57 Å². The lowest BCUT2D eigenvalue weighted by molar-refractivity contribution is 0.608. The summed E-state index contributed by atoms with van der Waals surface area (Å²) in [7, 11) is 0. The fraction of sp³-hybridized carbons (Fsp3) is 0.278. The fourth-order valence-electron chi connectivity index (χ4n) is 2.67. The lowest BCUT2D eigenvalue weighted by Crippen LogP contribution is -2.07. The maximum absolute atomic E-state index is 4.57. The van der Waals surface area contributed by atoms with Crippen LogP contribution in [0.25, 0.3) is 11.0 Å². The Morgan fingerprint density at radius 2 is 1.85 bits per heavy atom. The summed E-state index contributed by atoms with van der Waals surface area (Å²) in [6.07, 6.45) is 2.96. The van der Waals surface area contributed by atoms with Crippen molar-refractivity contribution in [1.82, 2.24) is 9.55 Å². The van der Waals surface area contributed by atoms with Gasteiger partial charge in [0.2, 0.25) is 0 Å². The molecule has 2 nitrogen and oxygen atoms in total. The van der Waals surface area contributed by atoms with Crippen LogP contribution in [-0.4, -0.2) is 9.55 Å². The molecule has 0 bridgehead atoms. The highest BCUT2D eigenvalue weighted by Gasteiger charge is 2.11. The van der Waals surface area contributed by atoms with Gasteiger partial charge in [0.05, 0.1) is 0 Å². The van der Waals surface area contributed by atoms with Crippen molar-refractivity contribution in [2.24, 2.45) is 5.92 Å². The van der Waals surface area contributed by atoms with Gasteiger partial charge in [-0.05, 0) is 36.1 Å². The van der Waals surface area contributed by atoms with Crippen LogP contribution in [-0.2, 0) is 13.0 Å². The Labute approximate surface area is 120 Å². The maximum atomic E-state index is 4.57. The summed E-state index contributed by atoms with van der Waals surface area (Å²) in [6, 6.07) is 17.0. The van der Waals surface area contributed by atoms with Crippen LogP contribution in [0, 0.1) is 5.92 Å². The van der Waals surface area contributed by atoms with Crippen LogP contribution in [0.4, 0.5) is 0 Å². The maximum Gasteiger partial charge on any atom is 0.140 e. The van der Waals surface area contributed by atoms with E-state index in [4.69, 9.17) is 0 Å². The second-order valence-electron chi connectivity index (χ2n) is 5.72. The zero-order chi connectivity index (χ0) is 13.9. The summed E-state index contributed by atoms with van der Waals surface area (Å²) in [6.45, 7) is 5.42. The normalized spacial score (nSPS) is 11.3. The summed E-state index contributed by atoms with van der Waals surface area (Å²) in [5.74, 6) is 0.647. The first kappa shape index (κ1) is 12.9. The third-order valence-corrected chi connectivity index (χ3v) is 3.54. The first-order valence-electron chi connectivity index (χ1n) is 7.21. The smallest absolute Gasteiger partial charge is 0.140 e. The highest BCUT2D eigenvalue weighted by molar-refractivity contribution is 5.77. The van der Waals surface area contributed by atoms with Crippen molar-refractivity contribution >= 4 is 11.0 Å². The largest absolute Gasteiger partial charge is 0.325 e. The fourth-order valence-corrected chi connectivity index (χ4v) is 2.67. The summed E-state index contributed by atoms with van der Waals surface area (Å²) in [4.78, 5) is 4.57. The van der Waals surface area contributed by atoms with E-state index >= 15 is 0 Å². The summed E-state index contributed by atoms with van der Waals surface area (Å²) in [5, 5.41) is 1.24. The molecule has 0 aliphatic rings. The number of aromatic nitrogens is 2. The molecule has 0 atom stereocenters. The standard InChI is InChI=1S/C18H20N2/c1-14(2)11-17-12-16-9-6-10-19-18(16)20(17)13-15-7-4-3-5-8-15/h3-10,12,14H,11,13H2,1-2H3. The lowest BCUT2D eigenvalue weighted by Gasteiger charge is -2.12. The van der Waals surface area contributed by atoms with Crippen molar-refractivity contribution < 1.29 is 0 Å². The molecule has 0 aliphatic carbocycles. The first-order chi connectivity index (χ1) is 9.74.